The minimum atomic E-state index is -4.01. The average Bonchev–Trinajstić information content (AvgIpc) is 3.70. The summed E-state index contributed by atoms with van der Waals surface area (Å²) in [6, 6.07) is 11.3. The van der Waals surface area contributed by atoms with Crippen LogP contribution in [0.4, 0.5) is 8.78 Å². The standard InChI is InChI=1S/C34H40F2N4O5S/c1-38(2)46(43,44)37-31(41)22-9-11-25-28(17-22)40-20-33(32(42)39-15-13-34(35,36)14-16-39)19-27(33)26-18-23(45-3)10-12-24(26)30(40)29(25)21-7-5-4-6-8-21/h9-12,17-18,21,27H,4-8,13-16,19-20H2,1-3H3,(H,37,41). The lowest BCUT2D eigenvalue weighted by Crippen LogP contribution is -2.47. The van der Waals surface area contributed by atoms with Gasteiger partial charge in [-0.3, -0.25) is 9.59 Å². The Bertz CT molecular complexity index is 1840. The number of rotatable bonds is 6. The van der Waals surface area contributed by atoms with Gasteiger partial charge in [0.15, 0.2) is 0 Å². The number of nitrogens with one attached hydrogen (secondary N) is 1. The lowest BCUT2D eigenvalue weighted by Gasteiger charge is -2.34. The maximum absolute atomic E-state index is 14.4. The molecule has 3 aromatic rings. The Balaban J connectivity index is 1.42. The summed E-state index contributed by atoms with van der Waals surface area (Å²) in [5.74, 6) is -2.76. The maximum Gasteiger partial charge on any atom is 0.303 e. The van der Waals surface area contributed by atoms with Crippen LogP contribution in [0, 0.1) is 5.41 Å². The highest BCUT2D eigenvalue weighted by Crippen LogP contribution is 2.66. The van der Waals surface area contributed by atoms with Gasteiger partial charge in [0.25, 0.3) is 11.8 Å². The summed E-state index contributed by atoms with van der Waals surface area (Å²) in [5.41, 5.74) is 4.36. The first-order valence-electron chi connectivity index (χ1n) is 16.1. The van der Waals surface area contributed by atoms with Gasteiger partial charge >= 0.3 is 10.2 Å². The molecule has 3 heterocycles. The predicted octanol–water partition coefficient (Wildman–Crippen LogP) is 5.65. The van der Waals surface area contributed by atoms with Gasteiger partial charge in [-0.05, 0) is 66.6 Å². The lowest BCUT2D eigenvalue weighted by atomic mass is 9.81. The van der Waals surface area contributed by atoms with Crippen LogP contribution in [0.3, 0.4) is 0 Å². The van der Waals surface area contributed by atoms with E-state index in [-0.39, 0.29) is 49.2 Å². The van der Waals surface area contributed by atoms with Crippen LogP contribution in [0.1, 0.15) is 84.7 Å². The summed E-state index contributed by atoms with van der Waals surface area (Å²) in [7, 11) is 0.299. The lowest BCUT2D eigenvalue weighted by molar-refractivity contribution is -0.143. The van der Waals surface area contributed by atoms with E-state index in [1.54, 1.807) is 24.1 Å². The summed E-state index contributed by atoms with van der Waals surface area (Å²) >= 11 is 0. The van der Waals surface area contributed by atoms with Crippen molar-refractivity contribution in [2.24, 2.45) is 5.41 Å². The van der Waals surface area contributed by atoms with Crippen LogP contribution in [-0.2, 0) is 21.5 Å². The number of fused-ring (bicyclic) bond motifs is 7. The fourth-order valence-corrected chi connectivity index (χ4v) is 8.58. The first kappa shape index (κ1) is 31.1. The Labute approximate surface area is 268 Å². The Hall–Kier alpha value is -3.51. The highest BCUT2D eigenvalue weighted by atomic mass is 32.2. The van der Waals surface area contributed by atoms with E-state index in [2.05, 4.69) is 15.4 Å². The number of hydrogen-bond acceptors (Lipinski definition) is 5. The zero-order valence-electron chi connectivity index (χ0n) is 26.4. The van der Waals surface area contributed by atoms with Crippen LogP contribution in [0.15, 0.2) is 36.4 Å². The van der Waals surface area contributed by atoms with Crippen molar-refractivity contribution in [2.45, 2.75) is 75.7 Å². The van der Waals surface area contributed by atoms with Gasteiger partial charge in [0, 0.05) is 74.5 Å². The van der Waals surface area contributed by atoms with Crippen molar-refractivity contribution in [3.63, 3.8) is 0 Å². The van der Waals surface area contributed by atoms with Crippen molar-refractivity contribution in [2.75, 3.05) is 34.3 Å². The third-order valence-electron chi connectivity index (χ3n) is 10.7. The molecule has 1 saturated heterocycles. The molecule has 2 aliphatic heterocycles. The van der Waals surface area contributed by atoms with E-state index in [4.69, 9.17) is 4.74 Å². The third kappa shape index (κ3) is 5.08. The van der Waals surface area contributed by atoms with E-state index < -0.39 is 27.5 Å². The van der Waals surface area contributed by atoms with Crippen molar-refractivity contribution in [1.29, 1.82) is 0 Å². The van der Waals surface area contributed by atoms with Gasteiger partial charge in [-0.25, -0.2) is 13.5 Å². The zero-order valence-corrected chi connectivity index (χ0v) is 27.3. The van der Waals surface area contributed by atoms with Crippen LogP contribution >= 0.6 is 0 Å². The number of benzene rings is 2. The molecule has 7 rings (SSSR count). The molecule has 1 N–H and O–H groups in total. The molecule has 0 bridgehead atoms. The smallest absolute Gasteiger partial charge is 0.303 e. The second kappa shape index (κ2) is 11.0. The van der Waals surface area contributed by atoms with E-state index in [9.17, 15) is 26.8 Å². The van der Waals surface area contributed by atoms with Gasteiger partial charge < -0.3 is 14.2 Å². The molecule has 2 unspecified atom stereocenters. The number of amides is 2. The largest absolute Gasteiger partial charge is 0.497 e. The minimum absolute atomic E-state index is 0.0164. The van der Waals surface area contributed by atoms with Gasteiger partial charge in [0.1, 0.15) is 5.75 Å². The quantitative estimate of drug-likeness (QED) is 0.371. The van der Waals surface area contributed by atoms with Crippen LogP contribution in [0.25, 0.3) is 22.2 Å². The van der Waals surface area contributed by atoms with Crippen molar-refractivity contribution in [3.8, 4) is 17.0 Å². The molecule has 2 aliphatic carbocycles. The number of nitrogens with zero attached hydrogens (tertiary/aromatic N) is 3. The Morgan fingerprint density at radius 1 is 1.02 bits per heavy atom. The number of alkyl halides is 2. The highest BCUT2D eigenvalue weighted by Gasteiger charge is 2.64. The maximum atomic E-state index is 14.4. The zero-order chi connectivity index (χ0) is 32.6. The second-order valence-electron chi connectivity index (χ2n) is 13.6. The van der Waals surface area contributed by atoms with Gasteiger partial charge in [0.2, 0.25) is 5.91 Å². The Kier molecular flexibility index (Phi) is 7.47. The highest BCUT2D eigenvalue weighted by molar-refractivity contribution is 7.87. The molecule has 0 spiro atoms. The fraction of sp³-hybridized carbons (Fsp3) is 0.529. The van der Waals surface area contributed by atoms with Gasteiger partial charge in [0.05, 0.1) is 18.2 Å². The normalized spacial score (nSPS) is 24.1. The first-order chi connectivity index (χ1) is 21.8. The SMILES string of the molecule is COc1ccc2c(c1)C1CC1(C(=O)N1CCC(F)(F)CC1)Cn1c-2c(C2CCCCC2)c2ccc(C(=O)NS(=O)(=O)N(C)C)cc21. The molecule has 2 atom stereocenters. The summed E-state index contributed by atoms with van der Waals surface area (Å²) < 4.78 is 64.1. The molecule has 9 nitrogen and oxygen atoms in total. The van der Waals surface area contributed by atoms with Gasteiger partial charge in [-0.2, -0.15) is 12.7 Å². The molecule has 4 aliphatic rings. The number of halogens is 2. The molecule has 2 saturated carbocycles. The third-order valence-corrected chi connectivity index (χ3v) is 12.1. The van der Waals surface area contributed by atoms with Crippen molar-refractivity contribution in [3.05, 3.63) is 53.1 Å². The molecule has 2 amide bonds. The minimum Gasteiger partial charge on any atom is -0.497 e. The molecule has 1 aromatic heterocycles. The number of ether oxygens (including phenoxy) is 1. The van der Waals surface area contributed by atoms with E-state index in [0.717, 1.165) is 57.7 Å². The number of methoxy groups -OCH3 is 1. The topological polar surface area (TPSA) is 101 Å². The average molecular weight is 655 g/mol. The number of aromatic nitrogens is 1. The summed E-state index contributed by atoms with van der Waals surface area (Å²) in [6.45, 7) is 0.366. The number of carbonyl (C=O) groups excluding carboxylic acids is 2. The van der Waals surface area contributed by atoms with E-state index in [0.29, 0.717) is 18.7 Å². The molecule has 46 heavy (non-hydrogen) atoms. The van der Waals surface area contributed by atoms with Crippen molar-refractivity contribution in [1.82, 2.24) is 18.5 Å². The number of hydrogen-bond donors (Lipinski definition) is 1. The van der Waals surface area contributed by atoms with Crippen LogP contribution in [-0.4, -0.2) is 74.2 Å². The summed E-state index contributed by atoms with van der Waals surface area (Å²) in [6.07, 6.45) is 5.34. The molecule has 2 aromatic carbocycles. The van der Waals surface area contributed by atoms with Gasteiger partial charge in [-0.15, -0.1) is 0 Å². The molecular formula is C34H40F2N4O5S. The second-order valence-corrected chi connectivity index (χ2v) is 15.5. The molecule has 12 heteroatoms. The first-order valence-corrected chi connectivity index (χ1v) is 17.6. The van der Waals surface area contributed by atoms with Crippen LogP contribution in [0.5, 0.6) is 5.75 Å². The number of piperidine rings is 1. The van der Waals surface area contributed by atoms with Crippen molar-refractivity contribution >= 4 is 32.9 Å². The van der Waals surface area contributed by atoms with Gasteiger partial charge in [-0.1, -0.05) is 25.3 Å². The number of carbonyl (C=O) groups is 2. The predicted molar refractivity (Wildman–Crippen MR) is 170 cm³/mol. The van der Waals surface area contributed by atoms with E-state index in [1.165, 1.54) is 26.1 Å². The Morgan fingerprint density at radius 2 is 1.74 bits per heavy atom. The van der Waals surface area contributed by atoms with E-state index in [1.807, 2.05) is 18.2 Å². The molecule has 3 fully saturated rings. The fourth-order valence-electron chi connectivity index (χ4n) is 8.04. The Morgan fingerprint density at radius 3 is 2.41 bits per heavy atom. The molecule has 246 valence electrons. The van der Waals surface area contributed by atoms with E-state index >= 15 is 0 Å². The number of likely N-dealkylation sites (tertiary alicyclic amines) is 1. The molecule has 0 radical (unpaired) electrons. The summed E-state index contributed by atoms with van der Waals surface area (Å²) in [4.78, 5) is 29.3. The van der Waals surface area contributed by atoms with Crippen LogP contribution in [0.2, 0.25) is 0 Å². The monoisotopic (exact) mass is 654 g/mol. The van der Waals surface area contributed by atoms with Crippen molar-refractivity contribution < 1.29 is 31.5 Å². The van der Waals surface area contributed by atoms with Crippen LogP contribution < -0.4 is 9.46 Å². The molecular weight excluding hydrogens is 614 g/mol. The summed E-state index contributed by atoms with van der Waals surface area (Å²) in [5, 5.41) is 0.981.